The molecule has 69 valence electrons. The van der Waals surface area contributed by atoms with E-state index >= 15 is 0 Å². The Morgan fingerprint density at radius 2 is 2.14 bits per heavy atom. The van der Waals surface area contributed by atoms with Gasteiger partial charge in [-0.3, -0.25) is 4.98 Å². The van der Waals surface area contributed by atoms with E-state index < -0.39 is 0 Å². The highest BCUT2D eigenvalue weighted by atomic mass is 79.9. The first-order valence-corrected chi connectivity index (χ1v) is 5.08. The van der Waals surface area contributed by atoms with Gasteiger partial charge >= 0.3 is 0 Å². The molecule has 1 heterocycles. The van der Waals surface area contributed by atoms with Gasteiger partial charge in [0.05, 0.1) is 18.1 Å². The van der Waals surface area contributed by atoms with Crippen molar-refractivity contribution < 1.29 is 0 Å². The second-order valence-electron chi connectivity index (χ2n) is 2.62. The Bertz CT molecular complexity index is 442. The van der Waals surface area contributed by atoms with E-state index in [2.05, 4.69) is 32.0 Å². The first-order valence-electron chi connectivity index (χ1n) is 3.91. The minimum absolute atomic E-state index is 0.393. The topological polar surface area (TPSA) is 25.8 Å². The van der Waals surface area contributed by atoms with E-state index in [-0.39, 0.29) is 0 Å². The number of hydrogen-bond acceptors (Lipinski definition) is 2. The lowest BCUT2D eigenvalue weighted by Crippen LogP contribution is -1.86. The number of rotatable bonds is 1. The highest BCUT2D eigenvalue weighted by Gasteiger charge is 2.03. The Morgan fingerprint density at radius 3 is 2.79 bits per heavy atom. The van der Waals surface area contributed by atoms with Crippen molar-refractivity contribution >= 4 is 27.5 Å². The minimum atomic E-state index is 0.393. The van der Waals surface area contributed by atoms with Gasteiger partial charge in [0, 0.05) is 10.0 Å². The highest BCUT2D eigenvalue weighted by molar-refractivity contribution is 9.10. The monoisotopic (exact) mass is 267 g/mol. The van der Waals surface area contributed by atoms with Gasteiger partial charge in [-0.1, -0.05) is 29.8 Å². The SMILES string of the molecule is Clc1cnc(-c2ccc[c]c2Br)cn1. The van der Waals surface area contributed by atoms with Crippen LogP contribution in [-0.2, 0) is 0 Å². The third-order valence-electron chi connectivity index (χ3n) is 1.70. The second-order valence-corrected chi connectivity index (χ2v) is 3.80. The highest BCUT2D eigenvalue weighted by Crippen LogP contribution is 2.25. The normalized spacial score (nSPS) is 10.1. The van der Waals surface area contributed by atoms with Crippen LogP contribution in [0.4, 0.5) is 0 Å². The summed E-state index contributed by atoms with van der Waals surface area (Å²) in [4.78, 5) is 8.13. The molecule has 2 rings (SSSR count). The summed E-state index contributed by atoms with van der Waals surface area (Å²) >= 11 is 9.04. The van der Waals surface area contributed by atoms with Gasteiger partial charge in [0.25, 0.3) is 0 Å². The molecule has 0 fully saturated rings. The summed E-state index contributed by atoms with van der Waals surface area (Å²) in [6.45, 7) is 0. The third-order valence-corrected chi connectivity index (χ3v) is 2.55. The van der Waals surface area contributed by atoms with Crippen LogP contribution in [0.3, 0.4) is 0 Å². The summed E-state index contributed by atoms with van der Waals surface area (Å²) in [7, 11) is 0. The van der Waals surface area contributed by atoms with Crippen LogP contribution >= 0.6 is 27.5 Å². The fourth-order valence-electron chi connectivity index (χ4n) is 1.07. The lowest BCUT2D eigenvalue weighted by Gasteiger charge is -2.01. The molecule has 0 N–H and O–H groups in total. The molecule has 2 nitrogen and oxygen atoms in total. The molecule has 2 aromatic rings. The average Bonchev–Trinajstić information content (AvgIpc) is 2.20. The van der Waals surface area contributed by atoms with Crippen molar-refractivity contribution in [3.05, 3.63) is 46.3 Å². The van der Waals surface area contributed by atoms with Crippen LogP contribution in [0.15, 0.2) is 35.1 Å². The average molecular weight is 269 g/mol. The van der Waals surface area contributed by atoms with E-state index in [1.807, 2.05) is 18.2 Å². The van der Waals surface area contributed by atoms with E-state index in [4.69, 9.17) is 11.6 Å². The van der Waals surface area contributed by atoms with Gasteiger partial charge in [-0.15, -0.1) is 0 Å². The van der Waals surface area contributed by atoms with Crippen LogP contribution in [0.1, 0.15) is 0 Å². The number of hydrogen-bond donors (Lipinski definition) is 0. The van der Waals surface area contributed by atoms with Crippen LogP contribution in [0.5, 0.6) is 0 Å². The van der Waals surface area contributed by atoms with Crippen molar-refractivity contribution in [1.82, 2.24) is 9.97 Å². The Kier molecular flexibility index (Phi) is 2.79. The standard InChI is InChI=1S/C10H5BrClN2/c11-8-4-2-1-3-7(8)9-5-14-10(12)6-13-9/h1-3,5-6H. The molecule has 0 aliphatic heterocycles. The van der Waals surface area contributed by atoms with Crippen LogP contribution in [-0.4, -0.2) is 9.97 Å². The van der Waals surface area contributed by atoms with Crippen LogP contribution in [0.25, 0.3) is 11.3 Å². The molecule has 0 aliphatic rings. The van der Waals surface area contributed by atoms with E-state index in [1.54, 1.807) is 6.20 Å². The predicted octanol–water partition coefficient (Wildman–Crippen LogP) is 3.36. The van der Waals surface area contributed by atoms with Gasteiger partial charge in [0.1, 0.15) is 5.15 Å². The molecule has 0 amide bonds. The van der Waals surface area contributed by atoms with Gasteiger partial charge in [-0.05, 0) is 22.0 Å². The summed E-state index contributed by atoms with van der Waals surface area (Å²) in [5.41, 5.74) is 1.73. The summed E-state index contributed by atoms with van der Waals surface area (Å²) in [6.07, 6.45) is 3.16. The lowest BCUT2D eigenvalue weighted by molar-refractivity contribution is 1.20. The van der Waals surface area contributed by atoms with Crippen LogP contribution in [0, 0.1) is 6.07 Å². The van der Waals surface area contributed by atoms with E-state index in [1.165, 1.54) is 6.20 Å². The van der Waals surface area contributed by atoms with Gasteiger partial charge in [0.2, 0.25) is 0 Å². The smallest absolute Gasteiger partial charge is 0.147 e. The Hall–Kier alpha value is -0.930. The molecule has 1 radical (unpaired) electrons. The quantitative estimate of drug-likeness (QED) is 0.792. The predicted molar refractivity (Wildman–Crippen MR) is 59.0 cm³/mol. The Balaban J connectivity index is 2.50. The third kappa shape index (κ3) is 1.94. The van der Waals surface area contributed by atoms with Crippen molar-refractivity contribution in [2.45, 2.75) is 0 Å². The first-order chi connectivity index (χ1) is 6.77. The van der Waals surface area contributed by atoms with E-state index in [0.29, 0.717) is 5.15 Å². The second kappa shape index (κ2) is 4.07. The van der Waals surface area contributed by atoms with Crippen molar-refractivity contribution in [3.8, 4) is 11.3 Å². The largest absolute Gasteiger partial charge is 0.251 e. The molecular weight excluding hydrogens is 263 g/mol. The van der Waals surface area contributed by atoms with Gasteiger partial charge in [-0.2, -0.15) is 0 Å². The van der Waals surface area contributed by atoms with E-state index in [9.17, 15) is 0 Å². The molecule has 14 heavy (non-hydrogen) atoms. The summed E-state index contributed by atoms with van der Waals surface area (Å²) < 4.78 is 0.872. The Morgan fingerprint density at radius 1 is 1.29 bits per heavy atom. The summed E-state index contributed by atoms with van der Waals surface area (Å²) in [5.74, 6) is 0. The summed E-state index contributed by atoms with van der Waals surface area (Å²) in [6, 6.07) is 8.70. The summed E-state index contributed by atoms with van der Waals surface area (Å²) in [5, 5.41) is 0.393. The zero-order valence-corrected chi connectivity index (χ0v) is 9.38. The molecule has 0 bridgehead atoms. The molecule has 4 heteroatoms. The number of halogens is 2. The van der Waals surface area contributed by atoms with Crippen molar-refractivity contribution in [2.24, 2.45) is 0 Å². The molecule has 0 atom stereocenters. The molecule has 0 saturated carbocycles. The van der Waals surface area contributed by atoms with Gasteiger partial charge in [-0.25, -0.2) is 4.98 Å². The first kappa shape index (κ1) is 9.62. The van der Waals surface area contributed by atoms with Gasteiger partial charge < -0.3 is 0 Å². The minimum Gasteiger partial charge on any atom is -0.251 e. The van der Waals surface area contributed by atoms with Crippen molar-refractivity contribution in [2.75, 3.05) is 0 Å². The molecule has 0 aliphatic carbocycles. The fourth-order valence-corrected chi connectivity index (χ4v) is 1.63. The number of nitrogens with zero attached hydrogens (tertiary/aromatic N) is 2. The van der Waals surface area contributed by atoms with Crippen LogP contribution < -0.4 is 0 Å². The Labute approximate surface area is 95.1 Å². The molecular formula is C10H5BrClN2. The lowest BCUT2D eigenvalue weighted by atomic mass is 10.2. The molecule has 0 spiro atoms. The van der Waals surface area contributed by atoms with Crippen molar-refractivity contribution in [3.63, 3.8) is 0 Å². The van der Waals surface area contributed by atoms with Crippen molar-refractivity contribution in [1.29, 1.82) is 0 Å². The van der Waals surface area contributed by atoms with Gasteiger partial charge in [0.15, 0.2) is 0 Å². The van der Waals surface area contributed by atoms with Crippen LogP contribution in [0.2, 0.25) is 5.15 Å². The zero-order valence-electron chi connectivity index (χ0n) is 7.04. The number of aromatic nitrogens is 2. The molecule has 0 saturated heterocycles. The maximum Gasteiger partial charge on any atom is 0.147 e. The molecule has 0 unspecified atom stereocenters. The zero-order chi connectivity index (χ0) is 9.97. The van der Waals surface area contributed by atoms with E-state index in [0.717, 1.165) is 15.7 Å². The molecule has 1 aromatic carbocycles. The maximum absolute atomic E-state index is 5.65. The maximum atomic E-state index is 5.65. The number of benzene rings is 1. The fraction of sp³-hybridized carbons (Fsp3) is 0. The molecule has 1 aromatic heterocycles.